The Balaban J connectivity index is 1.97. The molecule has 2 rings (SSSR count). The Kier molecular flexibility index (Phi) is 5.22. The molecule has 1 atom stereocenters. The van der Waals surface area contributed by atoms with E-state index in [0.29, 0.717) is 17.2 Å². The predicted molar refractivity (Wildman–Crippen MR) is 83.1 cm³/mol. The van der Waals surface area contributed by atoms with Crippen molar-refractivity contribution in [1.29, 1.82) is 0 Å². The summed E-state index contributed by atoms with van der Waals surface area (Å²) in [6, 6.07) is 10.8. The van der Waals surface area contributed by atoms with Crippen LogP contribution in [0.25, 0.3) is 0 Å². The second-order valence-electron chi connectivity index (χ2n) is 4.55. The van der Waals surface area contributed by atoms with E-state index in [1.807, 2.05) is 0 Å². The summed E-state index contributed by atoms with van der Waals surface area (Å²) in [4.78, 5) is 12.0. The van der Waals surface area contributed by atoms with Gasteiger partial charge in [-0.2, -0.15) is 0 Å². The molecule has 0 saturated heterocycles. The van der Waals surface area contributed by atoms with E-state index in [1.165, 1.54) is 18.2 Å². The van der Waals surface area contributed by atoms with Gasteiger partial charge >= 0.3 is 0 Å². The zero-order chi connectivity index (χ0) is 16.1. The van der Waals surface area contributed by atoms with Gasteiger partial charge in [0.15, 0.2) is 6.10 Å². The summed E-state index contributed by atoms with van der Waals surface area (Å²) in [7, 11) is 1.57. The molecule has 116 valence electrons. The third-order valence-corrected chi connectivity index (χ3v) is 3.22. The molecule has 0 fully saturated rings. The van der Waals surface area contributed by atoms with Crippen LogP contribution in [0.3, 0.4) is 0 Å². The van der Waals surface area contributed by atoms with Gasteiger partial charge in [0, 0.05) is 11.8 Å². The highest BCUT2D eigenvalue weighted by Crippen LogP contribution is 2.22. The number of benzene rings is 2. The van der Waals surface area contributed by atoms with Crippen molar-refractivity contribution in [2.75, 3.05) is 12.4 Å². The largest absolute Gasteiger partial charge is 0.497 e. The average molecular weight is 324 g/mol. The summed E-state index contributed by atoms with van der Waals surface area (Å²) < 4.78 is 23.5. The van der Waals surface area contributed by atoms with E-state index in [2.05, 4.69) is 5.32 Å². The van der Waals surface area contributed by atoms with Crippen LogP contribution in [0.15, 0.2) is 42.5 Å². The lowest BCUT2D eigenvalue weighted by Gasteiger charge is -2.15. The molecule has 22 heavy (non-hydrogen) atoms. The minimum atomic E-state index is -0.761. The number of halogens is 2. The Bertz CT molecular complexity index is 661. The molecule has 1 unspecified atom stereocenters. The van der Waals surface area contributed by atoms with E-state index in [1.54, 1.807) is 38.3 Å². The van der Waals surface area contributed by atoms with Crippen LogP contribution in [0.2, 0.25) is 5.02 Å². The Labute approximate surface area is 132 Å². The molecule has 0 radical (unpaired) electrons. The van der Waals surface area contributed by atoms with Crippen LogP contribution in [-0.4, -0.2) is 19.1 Å². The number of ether oxygens (including phenoxy) is 2. The summed E-state index contributed by atoms with van der Waals surface area (Å²) in [5.41, 5.74) is 0.624. The number of carbonyl (C=O) groups excluding carboxylic acids is 1. The lowest BCUT2D eigenvalue weighted by atomic mass is 10.2. The standard InChI is InChI=1S/C16H15ClFNO3/c1-10(22-13-7-8-15(18)14(17)9-13)16(20)19-11-3-5-12(21-2)6-4-11/h3-10H,1-2H3,(H,19,20). The third kappa shape index (κ3) is 4.11. The zero-order valence-electron chi connectivity index (χ0n) is 12.1. The van der Waals surface area contributed by atoms with E-state index in [9.17, 15) is 9.18 Å². The van der Waals surface area contributed by atoms with E-state index in [-0.39, 0.29) is 10.9 Å². The molecule has 0 aliphatic rings. The highest BCUT2D eigenvalue weighted by molar-refractivity contribution is 6.30. The van der Waals surface area contributed by atoms with Gasteiger partial charge in [0.2, 0.25) is 0 Å². The van der Waals surface area contributed by atoms with Gasteiger partial charge in [0.05, 0.1) is 12.1 Å². The summed E-state index contributed by atoms with van der Waals surface area (Å²) in [5.74, 6) is 0.155. The molecule has 2 aromatic rings. The summed E-state index contributed by atoms with van der Waals surface area (Å²) >= 11 is 5.67. The van der Waals surface area contributed by atoms with E-state index >= 15 is 0 Å². The van der Waals surface area contributed by atoms with Crippen LogP contribution in [0.5, 0.6) is 11.5 Å². The molecule has 6 heteroatoms. The Hall–Kier alpha value is -2.27. The van der Waals surface area contributed by atoms with Gasteiger partial charge in [0.1, 0.15) is 17.3 Å². The molecule has 0 aromatic heterocycles. The average Bonchev–Trinajstić information content (AvgIpc) is 2.51. The van der Waals surface area contributed by atoms with Crippen LogP contribution in [0.4, 0.5) is 10.1 Å². The minimum Gasteiger partial charge on any atom is -0.497 e. The highest BCUT2D eigenvalue weighted by Gasteiger charge is 2.15. The van der Waals surface area contributed by atoms with Crippen molar-refractivity contribution < 1.29 is 18.7 Å². The Morgan fingerprint density at radius 3 is 2.41 bits per heavy atom. The first-order chi connectivity index (χ1) is 10.5. The fraction of sp³-hybridized carbons (Fsp3) is 0.188. The molecule has 1 amide bonds. The van der Waals surface area contributed by atoms with Gasteiger partial charge in [-0.3, -0.25) is 4.79 Å². The van der Waals surface area contributed by atoms with Crippen LogP contribution in [0.1, 0.15) is 6.92 Å². The topological polar surface area (TPSA) is 47.6 Å². The number of rotatable bonds is 5. The molecule has 1 N–H and O–H groups in total. The molecule has 2 aromatic carbocycles. The van der Waals surface area contributed by atoms with Gasteiger partial charge in [-0.25, -0.2) is 4.39 Å². The van der Waals surface area contributed by atoms with Gasteiger partial charge < -0.3 is 14.8 Å². The maximum absolute atomic E-state index is 13.1. The van der Waals surface area contributed by atoms with Gasteiger partial charge in [-0.05, 0) is 43.3 Å². The Morgan fingerprint density at radius 1 is 1.18 bits per heavy atom. The Morgan fingerprint density at radius 2 is 1.82 bits per heavy atom. The number of anilines is 1. The molecule has 0 bridgehead atoms. The molecule has 0 aliphatic heterocycles. The van der Waals surface area contributed by atoms with Gasteiger partial charge in [0.25, 0.3) is 5.91 Å². The van der Waals surface area contributed by atoms with Gasteiger partial charge in [-0.15, -0.1) is 0 Å². The monoisotopic (exact) mass is 323 g/mol. The lowest BCUT2D eigenvalue weighted by Crippen LogP contribution is -2.30. The van der Waals surface area contributed by atoms with Crippen molar-refractivity contribution in [3.63, 3.8) is 0 Å². The van der Waals surface area contributed by atoms with Crippen molar-refractivity contribution in [2.45, 2.75) is 13.0 Å². The maximum atomic E-state index is 13.1. The SMILES string of the molecule is COc1ccc(NC(=O)C(C)Oc2ccc(F)c(Cl)c2)cc1. The number of amides is 1. The van der Waals surface area contributed by atoms with Crippen LogP contribution in [-0.2, 0) is 4.79 Å². The molecule has 0 aliphatic carbocycles. The number of hydrogen-bond donors (Lipinski definition) is 1. The number of methoxy groups -OCH3 is 1. The summed E-state index contributed by atoms with van der Waals surface area (Å²) in [6.45, 7) is 1.59. The highest BCUT2D eigenvalue weighted by atomic mass is 35.5. The molecular weight excluding hydrogens is 309 g/mol. The first-order valence-electron chi connectivity index (χ1n) is 6.56. The fourth-order valence-electron chi connectivity index (χ4n) is 1.73. The number of nitrogens with one attached hydrogen (secondary N) is 1. The first-order valence-corrected chi connectivity index (χ1v) is 6.94. The fourth-order valence-corrected chi connectivity index (χ4v) is 1.90. The lowest BCUT2D eigenvalue weighted by molar-refractivity contribution is -0.122. The van der Waals surface area contributed by atoms with Gasteiger partial charge in [-0.1, -0.05) is 11.6 Å². The van der Waals surface area contributed by atoms with E-state index in [0.717, 1.165) is 0 Å². The van der Waals surface area contributed by atoms with Crippen molar-refractivity contribution in [3.05, 3.63) is 53.3 Å². The van der Waals surface area contributed by atoms with Crippen LogP contribution >= 0.6 is 11.6 Å². The van der Waals surface area contributed by atoms with Crippen LogP contribution in [0, 0.1) is 5.82 Å². The normalized spacial score (nSPS) is 11.6. The van der Waals surface area contributed by atoms with E-state index in [4.69, 9.17) is 21.1 Å². The quantitative estimate of drug-likeness (QED) is 0.908. The van der Waals surface area contributed by atoms with Crippen LogP contribution < -0.4 is 14.8 Å². The van der Waals surface area contributed by atoms with Crippen molar-refractivity contribution >= 4 is 23.2 Å². The molecule has 0 spiro atoms. The zero-order valence-corrected chi connectivity index (χ0v) is 12.9. The maximum Gasteiger partial charge on any atom is 0.265 e. The molecule has 0 saturated carbocycles. The predicted octanol–water partition coefficient (Wildman–Crippen LogP) is 3.89. The van der Waals surface area contributed by atoms with Crippen molar-refractivity contribution in [2.24, 2.45) is 0 Å². The third-order valence-electron chi connectivity index (χ3n) is 2.93. The molecular formula is C16H15ClFNO3. The smallest absolute Gasteiger partial charge is 0.265 e. The molecule has 0 heterocycles. The summed E-state index contributed by atoms with van der Waals surface area (Å²) in [6.07, 6.45) is -0.761. The van der Waals surface area contributed by atoms with Crippen molar-refractivity contribution in [3.8, 4) is 11.5 Å². The second kappa shape index (κ2) is 7.13. The molecule has 4 nitrogen and oxygen atoms in total. The van der Waals surface area contributed by atoms with Crippen molar-refractivity contribution in [1.82, 2.24) is 0 Å². The minimum absolute atomic E-state index is 0.0553. The number of hydrogen-bond acceptors (Lipinski definition) is 3. The second-order valence-corrected chi connectivity index (χ2v) is 4.96. The first kappa shape index (κ1) is 16.1. The van der Waals surface area contributed by atoms with E-state index < -0.39 is 11.9 Å². The number of carbonyl (C=O) groups is 1. The summed E-state index contributed by atoms with van der Waals surface area (Å²) in [5, 5.41) is 2.66.